The van der Waals surface area contributed by atoms with Crippen molar-refractivity contribution in [3.63, 3.8) is 0 Å². The van der Waals surface area contributed by atoms with Crippen LogP contribution in [0.25, 0.3) is 0 Å². The summed E-state index contributed by atoms with van der Waals surface area (Å²) >= 11 is 6.00. The van der Waals surface area contributed by atoms with Crippen molar-refractivity contribution < 1.29 is 14.1 Å². The molecular weight excluding hydrogens is 242 g/mol. The van der Waals surface area contributed by atoms with Crippen molar-refractivity contribution in [3.05, 3.63) is 52.6 Å². The van der Waals surface area contributed by atoms with Gasteiger partial charge in [-0.15, -0.1) is 0 Å². The van der Waals surface area contributed by atoms with E-state index in [1.807, 2.05) is 12.2 Å². The fraction of sp³-hybridized carbons (Fsp3) is 0.167. The predicted molar refractivity (Wildman–Crippen MR) is 62.5 cm³/mol. The monoisotopic (exact) mass is 251 g/mol. The second-order valence-electron chi connectivity index (χ2n) is 3.38. The number of rotatable bonds is 4. The molecule has 2 rings (SSSR count). The first-order valence-electron chi connectivity index (χ1n) is 5.06. The zero-order chi connectivity index (χ0) is 12.1. The molecule has 1 heterocycles. The largest absolute Gasteiger partial charge is 0.484 e. The molecule has 0 atom stereocenters. The van der Waals surface area contributed by atoms with Crippen LogP contribution in [0, 0.1) is 0 Å². The van der Waals surface area contributed by atoms with Gasteiger partial charge >= 0.3 is 0 Å². The molecule has 0 aromatic carbocycles. The molecule has 0 saturated carbocycles. The van der Waals surface area contributed by atoms with E-state index in [0.717, 1.165) is 6.42 Å². The van der Waals surface area contributed by atoms with Crippen molar-refractivity contribution >= 4 is 17.9 Å². The Morgan fingerprint density at radius 1 is 1.47 bits per heavy atom. The zero-order valence-corrected chi connectivity index (χ0v) is 9.68. The van der Waals surface area contributed by atoms with E-state index >= 15 is 0 Å². The molecule has 1 aliphatic carbocycles. The number of carbonyl (C=O) groups excluding carboxylic acids is 1. The number of hydrogen-bond donors (Lipinski definition) is 0. The third-order valence-corrected chi connectivity index (χ3v) is 2.42. The molecule has 5 heteroatoms. The number of hydrogen-bond acceptors (Lipinski definition) is 4. The first-order chi connectivity index (χ1) is 8.29. The molecular formula is C12H10ClNO3. The van der Waals surface area contributed by atoms with Gasteiger partial charge in [0.05, 0.1) is 5.03 Å². The van der Waals surface area contributed by atoms with Gasteiger partial charge in [0.15, 0.2) is 12.0 Å². The van der Waals surface area contributed by atoms with E-state index in [4.69, 9.17) is 20.9 Å². The molecule has 1 aromatic heterocycles. The second-order valence-corrected chi connectivity index (χ2v) is 3.78. The van der Waals surface area contributed by atoms with Gasteiger partial charge in [0.25, 0.3) is 0 Å². The number of ether oxygens (including phenoxy) is 1. The number of nitrogens with zero attached hydrogens (tertiary/aromatic N) is 1. The van der Waals surface area contributed by atoms with E-state index in [1.54, 1.807) is 12.2 Å². The first kappa shape index (κ1) is 11.7. The molecule has 0 saturated heterocycles. The maximum Gasteiger partial charge on any atom is 0.174 e. The lowest BCUT2D eigenvalue weighted by atomic mass is 10.4. The van der Waals surface area contributed by atoms with Crippen LogP contribution in [0.4, 0.5) is 0 Å². The summed E-state index contributed by atoms with van der Waals surface area (Å²) in [6, 6.07) is 1.53. The van der Waals surface area contributed by atoms with Crippen molar-refractivity contribution in [2.24, 2.45) is 0 Å². The molecule has 88 valence electrons. The fourth-order valence-electron chi connectivity index (χ4n) is 1.31. The molecule has 0 bridgehead atoms. The van der Waals surface area contributed by atoms with Gasteiger partial charge < -0.3 is 9.26 Å². The molecule has 0 radical (unpaired) electrons. The number of aromatic nitrogens is 1. The first-order valence-corrected chi connectivity index (χ1v) is 5.44. The smallest absolute Gasteiger partial charge is 0.174 e. The van der Waals surface area contributed by atoms with Crippen LogP contribution in [0.15, 0.2) is 45.7 Å². The molecule has 0 fully saturated rings. The normalized spacial score (nSPS) is 14.9. The van der Waals surface area contributed by atoms with Crippen LogP contribution in [0.3, 0.4) is 0 Å². The van der Waals surface area contributed by atoms with Gasteiger partial charge in [-0.3, -0.25) is 4.79 Å². The van der Waals surface area contributed by atoms with E-state index in [9.17, 15) is 4.79 Å². The molecule has 17 heavy (non-hydrogen) atoms. The Morgan fingerprint density at radius 2 is 2.29 bits per heavy atom. The molecule has 1 aromatic rings. The highest BCUT2D eigenvalue weighted by Gasteiger charge is 2.07. The molecule has 0 amide bonds. The van der Waals surface area contributed by atoms with E-state index < -0.39 is 0 Å². The molecule has 4 nitrogen and oxygen atoms in total. The lowest BCUT2D eigenvalue weighted by Gasteiger charge is -2.04. The fourth-order valence-corrected chi connectivity index (χ4v) is 1.51. The van der Waals surface area contributed by atoms with E-state index in [1.165, 1.54) is 6.07 Å². The van der Waals surface area contributed by atoms with Gasteiger partial charge in [0.2, 0.25) is 0 Å². The van der Waals surface area contributed by atoms with Crippen molar-refractivity contribution in [2.45, 2.75) is 13.0 Å². The minimum absolute atomic E-state index is 0.185. The van der Waals surface area contributed by atoms with Gasteiger partial charge in [0, 0.05) is 6.07 Å². The average Bonchev–Trinajstić information content (AvgIpc) is 2.70. The van der Waals surface area contributed by atoms with Crippen molar-refractivity contribution in [1.29, 1.82) is 0 Å². The van der Waals surface area contributed by atoms with Gasteiger partial charge in [0.1, 0.15) is 18.1 Å². The van der Waals surface area contributed by atoms with Crippen molar-refractivity contribution in [1.82, 2.24) is 5.16 Å². The van der Waals surface area contributed by atoms with Crippen LogP contribution in [-0.4, -0.2) is 11.4 Å². The van der Waals surface area contributed by atoms with Crippen LogP contribution >= 0.6 is 11.6 Å². The predicted octanol–water partition coefficient (Wildman–Crippen LogP) is 2.97. The highest BCUT2D eigenvalue weighted by Crippen LogP contribution is 2.19. The highest BCUT2D eigenvalue weighted by atomic mass is 35.5. The van der Waals surface area contributed by atoms with E-state index in [2.05, 4.69) is 5.16 Å². The minimum Gasteiger partial charge on any atom is -0.484 e. The van der Waals surface area contributed by atoms with Gasteiger partial charge in [-0.05, 0) is 18.6 Å². The summed E-state index contributed by atoms with van der Waals surface area (Å²) in [5.74, 6) is 1.05. The molecule has 0 spiro atoms. The zero-order valence-electron chi connectivity index (χ0n) is 8.93. The Labute approximate surface area is 103 Å². The Balaban J connectivity index is 2.02. The van der Waals surface area contributed by atoms with Crippen molar-refractivity contribution in [3.8, 4) is 0 Å². The Hall–Kier alpha value is -1.81. The second kappa shape index (κ2) is 5.50. The summed E-state index contributed by atoms with van der Waals surface area (Å²) < 4.78 is 10.4. The molecule has 0 unspecified atom stereocenters. The Kier molecular flexibility index (Phi) is 3.77. The van der Waals surface area contributed by atoms with E-state index in [-0.39, 0.29) is 12.3 Å². The SMILES string of the molecule is O=Cc1cc(COC2=C(Cl)C=CCC=C2)on1. The number of carbonyl (C=O) groups is 1. The Morgan fingerprint density at radius 3 is 3.06 bits per heavy atom. The average molecular weight is 252 g/mol. The maximum atomic E-state index is 10.4. The molecule has 0 N–H and O–H groups in total. The summed E-state index contributed by atoms with van der Waals surface area (Å²) in [7, 11) is 0. The van der Waals surface area contributed by atoms with E-state index in [0.29, 0.717) is 22.8 Å². The standard InChI is InChI=1S/C12H10ClNO3/c13-11-4-2-1-3-5-12(11)16-8-10-6-9(7-15)14-17-10/h2-7H,1,8H2. The van der Waals surface area contributed by atoms with Gasteiger partial charge in [-0.25, -0.2) is 0 Å². The number of aldehydes is 1. The molecule has 1 aliphatic rings. The quantitative estimate of drug-likeness (QED) is 0.772. The number of halogens is 1. The minimum atomic E-state index is 0.185. The van der Waals surface area contributed by atoms with Crippen molar-refractivity contribution in [2.75, 3.05) is 0 Å². The maximum absolute atomic E-state index is 10.4. The van der Waals surface area contributed by atoms with Gasteiger partial charge in [-0.1, -0.05) is 28.9 Å². The van der Waals surface area contributed by atoms with Crippen LogP contribution in [0.5, 0.6) is 0 Å². The summed E-state index contributed by atoms with van der Waals surface area (Å²) in [4.78, 5) is 10.4. The Bertz CT molecular complexity index is 500. The summed E-state index contributed by atoms with van der Waals surface area (Å²) in [6.07, 6.45) is 8.91. The summed E-state index contributed by atoms with van der Waals surface area (Å²) in [6.45, 7) is 0.185. The molecule has 0 aliphatic heterocycles. The highest BCUT2D eigenvalue weighted by molar-refractivity contribution is 6.31. The van der Waals surface area contributed by atoms with Crippen LogP contribution in [0.2, 0.25) is 0 Å². The van der Waals surface area contributed by atoms with Crippen LogP contribution < -0.4 is 0 Å². The lowest BCUT2D eigenvalue weighted by Crippen LogP contribution is -1.91. The lowest BCUT2D eigenvalue weighted by molar-refractivity contribution is 0.111. The summed E-state index contributed by atoms with van der Waals surface area (Å²) in [5, 5.41) is 4.07. The third-order valence-electron chi connectivity index (χ3n) is 2.11. The topological polar surface area (TPSA) is 52.3 Å². The van der Waals surface area contributed by atoms with Gasteiger partial charge in [-0.2, -0.15) is 0 Å². The number of allylic oxidation sites excluding steroid dienone is 5. The van der Waals surface area contributed by atoms with Crippen LogP contribution in [0.1, 0.15) is 22.7 Å². The third kappa shape index (κ3) is 3.07. The summed E-state index contributed by atoms with van der Waals surface area (Å²) in [5.41, 5.74) is 0.250. The van der Waals surface area contributed by atoms with Crippen LogP contribution in [-0.2, 0) is 11.3 Å².